The second-order valence-corrected chi connectivity index (χ2v) is 8.07. The van der Waals surface area contributed by atoms with Gasteiger partial charge in [-0.3, -0.25) is 4.79 Å². The van der Waals surface area contributed by atoms with Gasteiger partial charge in [-0.1, -0.05) is 0 Å². The fourth-order valence-corrected chi connectivity index (χ4v) is 4.13. The maximum Gasteiger partial charge on any atom is 0.416 e. The summed E-state index contributed by atoms with van der Waals surface area (Å²) in [6.07, 6.45) is -2.55. The van der Waals surface area contributed by atoms with E-state index in [1.807, 2.05) is 0 Å². The summed E-state index contributed by atoms with van der Waals surface area (Å²) in [5, 5.41) is 7.63. The highest BCUT2D eigenvalue weighted by molar-refractivity contribution is 5.90. The number of nitrogens with one attached hydrogen (secondary N) is 1. The van der Waals surface area contributed by atoms with Crippen molar-refractivity contribution in [3.8, 4) is 11.5 Å². The Morgan fingerprint density at radius 1 is 1.08 bits per heavy atom. The average molecular weight is 498 g/mol. The van der Waals surface area contributed by atoms with Crippen LogP contribution in [-0.2, 0) is 12.6 Å². The zero-order chi connectivity index (χ0) is 25.0. The number of hydrogen-bond acceptors (Lipinski definition) is 7. The zero-order valence-electron chi connectivity index (χ0n) is 18.1. The molecule has 0 fully saturated rings. The lowest BCUT2D eigenvalue weighted by Gasteiger charge is -2.31. The maximum atomic E-state index is 13.7. The van der Waals surface area contributed by atoms with Crippen LogP contribution in [0.4, 0.5) is 17.6 Å². The van der Waals surface area contributed by atoms with Crippen LogP contribution in [0.15, 0.2) is 57.6 Å². The first kappa shape index (κ1) is 21.9. The molecule has 0 spiro atoms. The van der Waals surface area contributed by atoms with Gasteiger partial charge in [-0.15, -0.1) is 10.2 Å². The van der Waals surface area contributed by atoms with E-state index in [1.54, 1.807) is 0 Å². The van der Waals surface area contributed by atoms with Crippen molar-refractivity contribution in [2.75, 3.05) is 6.54 Å². The third-order valence-corrected chi connectivity index (χ3v) is 5.85. The number of amides is 1. The van der Waals surface area contributed by atoms with E-state index in [0.29, 0.717) is 17.7 Å². The van der Waals surface area contributed by atoms with E-state index >= 15 is 0 Å². The van der Waals surface area contributed by atoms with Gasteiger partial charge in [0.15, 0.2) is 11.6 Å². The van der Waals surface area contributed by atoms with E-state index < -0.39 is 29.5 Å². The summed E-state index contributed by atoms with van der Waals surface area (Å²) < 4.78 is 63.6. The molecule has 0 aliphatic carbocycles. The molecule has 0 saturated carbocycles. The largest absolute Gasteiger partial charge is 0.438 e. The Morgan fingerprint density at radius 3 is 2.67 bits per heavy atom. The molecule has 182 valence electrons. The molecule has 0 saturated heterocycles. The van der Waals surface area contributed by atoms with Crippen molar-refractivity contribution in [1.29, 1.82) is 0 Å². The summed E-state index contributed by atoms with van der Waals surface area (Å²) >= 11 is 0. The number of aromatic nitrogens is 5. The van der Waals surface area contributed by atoms with Crippen molar-refractivity contribution in [2.45, 2.75) is 18.6 Å². The van der Waals surface area contributed by atoms with Gasteiger partial charge in [0.05, 0.1) is 17.6 Å². The fourth-order valence-electron chi connectivity index (χ4n) is 4.13. The van der Waals surface area contributed by atoms with Crippen molar-refractivity contribution in [2.24, 2.45) is 0 Å². The predicted octanol–water partition coefficient (Wildman–Crippen LogP) is 4.55. The Hall–Kier alpha value is -4.55. The number of imidazole rings is 1. The number of H-pyrrole nitrogens is 1. The van der Waals surface area contributed by atoms with Gasteiger partial charge in [0.1, 0.15) is 11.3 Å². The van der Waals surface area contributed by atoms with E-state index in [-0.39, 0.29) is 35.3 Å². The van der Waals surface area contributed by atoms with Gasteiger partial charge in [-0.2, -0.15) is 13.2 Å². The maximum absolute atomic E-state index is 13.7. The molecule has 9 nitrogen and oxygen atoms in total. The lowest BCUT2D eigenvalue weighted by atomic mass is 10.0. The van der Waals surface area contributed by atoms with Crippen LogP contribution in [0.5, 0.6) is 0 Å². The molecule has 0 unspecified atom stereocenters. The van der Waals surface area contributed by atoms with Gasteiger partial charge in [-0.05, 0) is 36.4 Å². The summed E-state index contributed by atoms with van der Waals surface area (Å²) in [4.78, 5) is 26.6. The summed E-state index contributed by atoms with van der Waals surface area (Å²) in [5.74, 6) is -1.48. The van der Waals surface area contributed by atoms with Crippen molar-refractivity contribution in [3.63, 3.8) is 0 Å². The molecular weight excluding hydrogens is 484 g/mol. The molecule has 2 aromatic carbocycles. The number of aromatic amines is 1. The average Bonchev–Trinajstić information content (AvgIpc) is 3.61. The van der Waals surface area contributed by atoms with E-state index in [0.717, 1.165) is 17.8 Å². The molecule has 1 aliphatic heterocycles. The Bertz CT molecular complexity index is 1590. The molecule has 3 aromatic heterocycles. The van der Waals surface area contributed by atoms with Gasteiger partial charge in [0.2, 0.25) is 11.8 Å². The van der Waals surface area contributed by atoms with Crippen molar-refractivity contribution in [1.82, 2.24) is 30.0 Å². The Labute approximate surface area is 198 Å². The Kier molecular flexibility index (Phi) is 4.88. The monoisotopic (exact) mass is 498 g/mol. The molecule has 13 heteroatoms. The van der Waals surface area contributed by atoms with Crippen molar-refractivity contribution in [3.05, 3.63) is 83.3 Å². The molecule has 1 amide bonds. The van der Waals surface area contributed by atoms with Crippen molar-refractivity contribution >= 4 is 17.0 Å². The standard InChI is InChI=1S/C23H14F4N6O3/c24-13-5-6-16-15(9-13)30-20(35-16)18-17-14(28-10-29-17)7-8-33(18)22(34)21-32-31-19(36-21)11-1-3-12(4-2-11)23(25,26)27/h1-6,9-10,18H,7-8H2,(H,28,29)/t18-/m0/s1. The van der Waals surface area contributed by atoms with Crippen LogP contribution in [0, 0.1) is 5.82 Å². The van der Waals surface area contributed by atoms with E-state index in [9.17, 15) is 22.4 Å². The molecule has 0 bridgehead atoms. The molecule has 5 aromatic rings. The van der Waals surface area contributed by atoms with Gasteiger partial charge >= 0.3 is 18.0 Å². The summed E-state index contributed by atoms with van der Waals surface area (Å²) in [6.45, 7) is 0.226. The lowest BCUT2D eigenvalue weighted by molar-refractivity contribution is -0.137. The molecule has 1 N–H and O–H groups in total. The van der Waals surface area contributed by atoms with Crippen LogP contribution in [0.1, 0.15) is 39.6 Å². The Balaban J connectivity index is 1.34. The SMILES string of the molecule is O=C(c1nnc(-c2ccc(C(F)(F)F)cc2)o1)N1CCc2[nH]cnc2[C@H]1c1nc2cc(F)ccc2o1. The third-order valence-electron chi connectivity index (χ3n) is 5.85. The van der Waals surface area contributed by atoms with Gasteiger partial charge in [0.25, 0.3) is 0 Å². The first-order chi connectivity index (χ1) is 17.3. The summed E-state index contributed by atoms with van der Waals surface area (Å²) in [5.41, 5.74) is 1.30. The number of oxazole rings is 1. The smallest absolute Gasteiger partial charge is 0.416 e. The minimum absolute atomic E-state index is 0.113. The molecule has 0 radical (unpaired) electrons. The molecule has 36 heavy (non-hydrogen) atoms. The van der Waals surface area contributed by atoms with Gasteiger partial charge < -0.3 is 18.7 Å². The van der Waals surface area contributed by atoms with Gasteiger partial charge in [-0.25, -0.2) is 14.4 Å². The number of carbonyl (C=O) groups excluding carboxylic acids is 1. The number of fused-ring (bicyclic) bond motifs is 2. The lowest BCUT2D eigenvalue weighted by Crippen LogP contribution is -2.41. The number of alkyl halides is 3. The molecule has 6 rings (SSSR count). The molecule has 1 atom stereocenters. The number of halogens is 4. The summed E-state index contributed by atoms with van der Waals surface area (Å²) in [6, 6.07) is 7.18. The Morgan fingerprint density at radius 2 is 1.89 bits per heavy atom. The van der Waals surface area contributed by atoms with E-state index in [2.05, 4.69) is 25.1 Å². The normalized spacial score (nSPS) is 15.9. The van der Waals surface area contributed by atoms with Crippen LogP contribution in [0.3, 0.4) is 0 Å². The van der Waals surface area contributed by atoms with E-state index in [1.165, 1.54) is 41.6 Å². The predicted molar refractivity (Wildman–Crippen MR) is 114 cm³/mol. The second-order valence-electron chi connectivity index (χ2n) is 8.07. The van der Waals surface area contributed by atoms with Crippen LogP contribution in [0.2, 0.25) is 0 Å². The summed E-state index contributed by atoms with van der Waals surface area (Å²) in [7, 11) is 0. The first-order valence-corrected chi connectivity index (χ1v) is 10.7. The van der Waals surface area contributed by atoms with E-state index in [4.69, 9.17) is 8.83 Å². The second kappa shape index (κ2) is 8.00. The minimum atomic E-state index is -4.49. The van der Waals surface area contributed by atoms with Crippen LogP contribution < -0.4 is 0 Å². The first-order valence-electron chi connectivity index (χ1n) is 10.7. The topological polar surface area (TPSA) is 114 Å². The van der Waals surface area contributed by atoms with Gasteiger partial charge in [0, 0.05) is 30.3 Å². The highest BCUT2D eigenvalue weighted by atomic mass is 19.4. The highest BCUT2D eigenvalue weighted by Gasteiger charge is 2.39. The number of rotatable bonds is 3. The number of nitrogens with zero attached hydrogens (tertiary/aromatic N) is 5. The van der Waals surface area contributed by atoms with Crippen LogP contribution in [-0.4, -0.2) is 42.5 Å². The molecular formula is C23H14F4N6O3. The minimum Gasteiger partial charge on any atom is -0.438 e. The van der Waals surface area contributed by atoms with Crippen molar-refractivity contribution < 1.29 is 31.2 Å². The highest BCUT2D eigenvalue weighted by Crippen LogP contribution is 2.36. The fraction of sp³-hybridized carbons (Fsp3) is 0.174. The molecule has 4 heterocycles. The number of carbonyl (C=O) groups is 1. The third kappa shape index (κ3) is 3.68. The van der Waals surface area contributed by atoms with Crippen LogP contribution in [0.25, 0.3) is 22.6 Å². The quantitative estimate of drug-likeness (QED) is 0.363. The van der Waals surface area contributed by atoms with Crippen LogP contribution >= 0.6 is 0 Å². The number of hydrogen-bond donors (Lipinski definition) is 1. The number of benzene rings is 2. The zero-order valence-corrected chi connectivity index (χ0v) is 18.1. The molecule has 1 aliphatic rings.